The molecule has 0 saturated heterocycles. The van der Waals surface area contributed by atoms with E-state index in [2.05, 4.69) is 12.1 Å². The van der Waals surface area contributed by atoms with Crippen LogP contribution in [-0.4, -0.2) is 5.97 Å². The monoisotopic (exact) mass is 297 g/mol. The Labute approximate surface area is 128 Å². The second-order valence-corrected chi connectivity index (χ2v) is 6.53. The first-order chi connectivity index (χ1) is 10.6. The molecule has 0 aromatic heterocycles. The lowest BCUT2D eigenvalue weighted by Gasteiger charge is -2.25. The number of esters is 1. The molecule has 0 heterocycles. The van der Waals surface area contributed by atoms with Crippen molar-refractivity contribution in [2.24, 2.45) is 17.3 Å². The SMILES string of the molecule is N#CC1(C(=O)Oc2ccc3c(c2F)CCC3)CC2C=CC1C2. The Bertz CT molecular complexity index is 733. The van der Waals surface area contributed by atoms with Gasteiger partial charge < -0.3 is 4.74 Å². The number of nitrogens with zero attached hydrogens (tertiary/aromatic N) is 1. The van der Waals surface area contributed by atoms with Crippen molar-refractivity contribution in [3.63, 3.8) is 0 Å². The Morgan fingerprint density at radius 1 is 1.36 bits per heavy atom. The number of allylic oxidation sites excluding steroid dienone is 2. The molecule has 3 atom stereocenters. The molecule has 1 aromatic carbocycles. The smallest absolute Gasteiger partial charge is 0.332 e. The zero-order chi connectivity index (χ0) is 15.3. The number of benzene rings is 1. The third kappa shape index (κ3) is 1.75. The summed E-state index contributed by atoms with van der Waals surface area (Å²) in [4.78, 5) is 12.6. The predicted octanol–water partition coefficient (Wildman–Crippen LogP) is 3.33. The van der Waals surface area contributed by atoms with Crippen LogP contribution in [0.2, 0.25) is 0 Å². The van der Waals surface area contributed by atoms with Crippen LogP contribution in [-0.2, 0) is 17.6 Å². The van der Waals surface area contributed by atoms with Crippen LogP contribution >= 0.6 is 0 Å². The molecule has 0 N–H and O–H groups in total. The number of ether oxygens (including phenoxy) is 1. The molecule has 1 fully saturated rings. The molecule has 0 radical (unpaired) electrons. The molecule has 2 bridgehead atoms. The molecule has 0 aliphatic heterocycles. The summed E-state index contributed by atoms with van der Waals surface area (Å²) in [6, 6.07) is 5.50. The summed E-state index contributed by atoms with van der Waals surface area (Å²) in [6.45, 7) is 0. The lowest BCUT2D eigenvalue weighted by molar-refractivity contribution is -0.144. The molecule has 112 valence electrons. The van der Waals surface area contributed by atoms with Crippen LogP contribution in [0.15, 0.2) is 24.3 Å². The minimum Gasteiger partial charge on any atom is -0.422 e. The number of fused-ring (bicyclic) bond motifs is 3. The molecule has 0 amide bonds. The first-order valence-electron chi connectivity index (χ1n) is 7.76. The number of carbonyl (C=O) groups excluding carboxylic acids is 1. The van der Waals surface area contributed by atoms with Gasteiger partial charge in [0.15, 0.2) is 17.0 Å². The number of carbonyl (C=O) groups is 1. The van der Waals surface area contributed by atoms with Gasteiger partial charge in [-0.25, -0.2) is 9.18 Å². The van der Waals surface area contributed by atoms with Crippen LogP contribution in [0.1, 0.15) is 30.4 Å². The van der Waals surface area contributed by atoms with Gasteiger partial charge >= 0.3 is 5.97 Å². The molecule has 22 heavy (non-hydrogen) atoms. The van der Waals surface area contributed by atoms with E-state index >= 15 is 0 Å². The molecule has 4 heteroatoms. The number of hydrogen-bond donors (Lipinski definition) is 0. The van der Waals surface area contributed by atoms with E-state index in [0.717, 1.165) is 24.8 Å². The first-order valence-corrected chi connectivity index (χ1v) is 7.76. The van der Waals surface area contributed by atoms with Crippen molar-refractivity contribution in [3.05, 3.63) is 41.2 Å². The van der Waals surface area contributed by atoms with Gasteiger partial charge in [0.25, 0.3) is 0 Å². The molecular formula is C18H16FNO2. The molecule has 1 saturated carbocycles. The average molecular weight is 297 g/mol. The van der Waals surface area contributed by atoms with Crippen molar-refractivity contribution >= 4 is 5.97 Å². The maximum absolute atomic E-state index is 14.5. The van der Waals surface area contributed by atoms with Crippen LogP contribution in [0, 0.1) is 34.4 Å². The van der Waals surface area contributed by atoms with E-state index in [1.165, 1.54) is 6.07 Å². The fraction of sp³-hybridized carbons (Fsp3) is 0.444. The lowest BCUT2D eigenvalue weighted by atomic mass is 9.77. The van der Waals surface area contributed by atoms with E-state index in [1.54, 1.807) is 0 Å². The summed E-state index contributed by atoms with van der Waals surface area (Å²) < 4.78 is 19.8. The van der Waals surface area contributed by atoms with E-state index in [1.807, 2.05) is 12.1 Å². The van der Waals surface area contributed by atoms with Crippen LogP contribution < -0.4 is 4.74 Å². The third-order valence-corrected chi connectivity index (χ3v) is 5.33. The van der Waals surface area contributed by atoms with Gasteiger partial charge in [0.05, 0.1) is 6.07 Å². The van der Waals surface area contributed by atoms with Crippen LogP contribution in [0.5, 0.6) is 5.75 Å². The van der Waals surface area contributed by atoms with Gasteiger partial charge in [0.1, 0.15) is 0 Å². The van der Waals surface area contributed by atoms with Gasteiger partial charge in [-0.05, 0) is 55.2 Å². The highest BCUT2D eigenvalue weighted by Gasteiger charge is 2.55. The van der Waals surface area contributed by atoms with Gasteiger partial charge in [-0.3, -0.25) is 0 Å². The molecule has 4 rings (SSSR count). The molecule has 3 nitrogen and oxygen atoms in total. The van der Waals surface area contributed by atoms with E-state index in [9.17, 15) is 14.4 Å². The van der Waals surface area contributed by atoms with E-state index in [-0.39, 0.29) is 17.6 Å². The van der Waals surface area contributed by atoms with Crippen LogP contribution in [0.3, 0.4) is 0 Å². The fourth-order valence-electron chi connectivity index (χ4n) is 4.13. The van der Waals surface area contributed by atoms with Crippen LogP contribution in [0.25, 0.3) is 0 Å². The number of halogens is 1. The Balaban J connectivity index is 1.63. The predicted molar refractivity (Wildman–Crippen MR) is 77.5 cm³/mol. The molecule has 3 unspecified atom stereocenters. The highest BCUT2D eigenvalue weighted by Crippen LogP contribution is 2.52. The fourth-order valence-corrected chi connectivity index (χ4v) is 4.13. The van der Waals surface area contributed by atoms with Crippen molar-refractivity contribution in [2.45, 2.75) is 32.1 Å². The summed E-state index contributed by atoms with van der Waals surface area (Å²) in [5.41, 5.74) is 0.504. The Morgan fingerprint density at radius 2 is 2.23 bits per heavy atom. The van der Waals surface area contributed by atoms with Gasteiger partial charge in [-0.15, -0.1) is 0 Å². The average Bonchev–Trinajstić information content (AvgIpc) is 3.24. The summed E-state index contributed by atoms with van der Waals surface area (Å²) in [5.74, 6) is -0.916. The highest BCUT2D eigenvalue weighted by atomic mass is 19.1. The second kappa shape index (κ2) is 4.67. The second-order valence-electron chi connectivity index (χ2n) is 6.53. The molecule has 3 aliphatic rings. The first kappa shape index (κ1) is 13.5. The van der Waals surface area contributed by atoms with Crippen molar-refractivity contribution < 1.29 is 13.9 Å². The van der Waals surface area contributed by atoms with Gasteiger partial charge in [-0.2, -0.15) is 5.26 Å². The van der Waals surface area contributed by atoms with E-state index in [4.69, 9.17) is 4.74 Å². The highest BCUT2D eigenvalue weighted by molar-refractivity contribution is 5.84. The number of aryl methyl sites for hydroxylation is 1. The molecular weight excluding hydrogens is 281 g/mol. The Kier molecular flexibility index (Phi) is 2.87. The maximum atomic E-state index is 14.5. The number of nitriles is 1. The standard InChI is InChI=1S/C18H16FNO2/c19-16-14-3-1-2-12(14)5-7-15(16)22-17(21)18(10-20)9-11-4-6-13(18)8-11/h4-7,11,13H,1-3,8-9H2. The maximum Gasteiger partial charge on any atom is 0.332 e. The Morgan fingerprint density at radius 3 is 2.91 bits per heavy atom. The molecule has 1 aromatic rings. The quantitative estimate of drug-likeness (QED) is 0.478. The van der Waals surface area contributed by atoms with Crippen molar-refractivity contribution in [2.75, 3.05) is 0 Å². The minimum atomic E-state index is -1.15. The van der Waals surface area contributed by atoms with Crippen LogP contribution in [0.4, 0.5) is 4.39 Å². The summed E-state index contributed by atoms with van der Waals surface area (Å²) in [7, 11) is 0. The largest absolute Gasteiger partial charge is 0.422 e. The van der Waals surface area contributed by atoms with Gasteiger partial charge in [0, 0.05) is 5.92 Å². The van der Waals surface area contributed by atoms with Crippen molar-refractivity contribution in [1.29, 1.82) is 5.26 Å². The summed E-state index contributed by atoms with van der Waals surface area (Å²) in [6.07, 6.45) is 7.77. The molecule has 0 spiro atoms. The third-order valence-electron chi connectivity index (χ3n) is 5.33. The number of rotatable bonds is 2. The zero-order valence-corrected chi connectivity index (χ0v) is 12.1. The topological polar surface area (TPSA) is 50.1 Å². The Hall–Kier alpha value is -2.15. The zero-order valence-electron chi connectivity index (χ0n) is 12.1. The summed E-state index contributed by atoms with van der Waals surface area (Å²) >= 11 is 0. The minimum absolute atomic E-state index is 0.0352. The van der Waals surface area contributed by atoms with Crippen molar-refractivity contribution in [1.82, 2.24) is 0 Å². The van der Waals surface area contributed by atoms with Gasteiger partial charge in [0.2, 0.25) is 0 Å². The summed E-state index contributed by atoms with van der Waals surface area (Å²) in [5, 5.41) is 9.53. The lowest BCUT2D eigenvalue weighted by Crippen LogP contribution is -2.37. The number of hydrogen-bond acceptors (Lipinski definition) is 3. The normalized spacial score (nSPS) is 31.1. The molecule has 3 aliphatic carbocycles. The van der Waals surface area contributed by atoms with E-state index in [0.29, 0.717) is 18.4 Å². The van der Waals surface area contributed by atoms with Crippen molar-refractivity contribution in [3.8, 4) is 11.8 Å². The van der Waals surface area contributed by atoms with Gasteiger partial charge in [-0.1, -0.05) is 18.2 Å². The van der Waals surface area contributed by atoms with E-state index < -0.39 is 17.2 Å².